The summed E-state index contributed by atoms with van der Waals surface area (Å²) in [5, 5.41) is 3.79. The lowest BCUT2D eigenvalue weighted by atomic mass is 9.89. The Bertz CT molecular complexity index is 1270. The smallest absolute Gasteiger partial charge is 0.225 e. The second-order valence-electron chi connectivity index (χ2n) is 9.19. The van der Waals surface area contributed by atoms with Crippen LogP contribution in [0.4, 0.5) is 5.82 Å². The summed E-state index contributed by atoms with van der Waals surface area (Å²) < 4.78 is 13.0. The molecule has 2 aliphatic rings. The van der Waals surface area contributed by atoms with Crippen LogP contribution in [0.1, 0.15) is 49.4 Å². The summed E-state index contributed by atoms with van der Waals surface area (Å²) in [5.41, 5.74) is 3.86. The minimum absolute atomic E-state index is 0.0740. The van der Waals surface area contributed by atoms with Gasteiger partial charge in [0.1, 0.15) is 11.6 Å². The number of fused-ring (bicyclic) bond motifs is 1. The molecule has 5 heterocycles. The van der Waals surface area contributed by atoms with E-state index >= 15 is 0 Å². The van der Waals surface area contributed by atoms with E-state index in [1.165, 1.54) is 0 Å². The Kier molecular flexibility index (Phi) is 5.65. The van der Waals surface area contributed by atoms with Crippen LogP contribution in [0.5, 0.6) is 0 Å². The first-order chi connectivity index (χ1) is 15.9. The molecule has 5 rings (SSSR count). The fourth-order valence-corrected chi connectivity index (χ4v) is 4.18. The molecule has 2 saturated heterocycles. The van der Waals surface area contributed by atoms with Crippen molar-refractivity contribution >= 4 is 22.6 Å². The van der Waals surface area contributed by atoms with Crippen LogP contribution in [0, 0.1) is 24.2 Å². The van der Waals surface area contributed by atoms with Gasteiger partial charge in [-0.05, 0) is 38.0 Å². The van der Waals surface area contributed by atoms with Gasteiger partial charge in [-0.2, -0.15) is 0 Å². The van der Waals surface area contributed by atoms with E-state index in [1.54, 1.807) is 6.20 Å². The van der Waals surface area contributed by atoms with E-state index < -0.39 is 0 Å². The van der Waals surface area contributed by atoms with Crippen LogP contribution in [0.25, 0.3) is 16.7 Å². The number of nitrogens with zero attached hydrogens (tertiary/aromatic N) is 3. The van der Waals surface area contributed by atoms with Crippen LogP contribution in [0.15, 0.2) is 30.6 Å². The number of nitrogens with one attached hydrogen (secondary N) is 1. The number of aromatic nitrogens is 3. The third-order valence-electron chi connectivity index (χ3n) is 6.19. The summed E-state index contributed by atoms with van der Waals surface area (Å²) in [5.74, 6) is 8.30. The zero-order valence-corrected chi connectivity index (χ0v) is 19.3. The predicted molar refractivity (Wildman–Crippen MR) is 127 cm³/mol. The highest BCUT2D eigenvalue weighted by molar-refractivity contribution is 5.94. The topological polar surface area (TPSA) is 78.3 Å². The Morgan fingerprint density at radius 1 is 1.30 bits per heavy atom. The molecule has 0 saturated carbocycles. The maximum atomic E-state index is 11.9. The van der Waals surface area contributed by atoms with Crippen LogP contribution in [-0.2, 0) is 14.3 Å². The molecule has 0 aromatic carbocycles. The molecule has 1 atom stereocenters. The molecular formula is C26H28N4O3. The van der Waals surface area contributed by atoms with E-state index in [0.717, 1.165) is 46.6 Å². The largest absolute Gasteiger partial charge is 0.381 e. The molecule has 7 heteroatoms. The fourth-order valence-electron chi connectivity index (χ4n) is 4.18. The molecule has 3 aromatic rings. The molecule has 1 N–H and O–H groups in total. The maximum Gasteiger partial charge on any atom is 0.225 e. The van der Waals surface area contributed by atoms with Crippen molar-refractivity contribution in [3.05, 3.63) is 47.4 Å². The number of ether oxygens (including phenoxy) is 2. The number of carbonyl (C=O) groups is 1. The highest BCUT2D eigenvalue weighted by Crippen LogP contribution is 2.30. The van der Waals surface area contributed by atoms with E-state index in [2.05, 4.69) is 52.7 Å². The Morgan fingerprint density at radius 2 is 2.15 bits per heavy atom. The third-order valence-corrected chi connectivity index (χ3v) is 6.19. The van der Waals surface area contributed by atoms with Crippen molar-refractivity contribution in [1.82, 2.24) is 14.5 Å². The second-order valence-corrected chi connectivity index (χ2v) is 9.19. The first-order valence-electron chi connectivity index (χ1n) is 11.4. The van der Waals surface area contributed by atoms with Crippen molar-refractivity contribution in [3.8, 4) is 17.7 Å². The van der Waals surface area contributed by atoms with Crippen molar-refractivity contribution in [2.24, 2.45) is 5.41 Å². The first kappa shape index (κ1) is 21.6. The fraction of sp³-hybridized carbons (Fsp3) is 0.423. The van der Waals surface area contributed by atoms with Gasteiger partial charge < -0.3 is 14.8 Å². The van der Waals surface area contributed by atoms with Gasteiger partial charge in [0.05, 0.1) is 36.3 Å². The van der Waals surface area contributed by atoms with E-state index in [0.29, 0.717) is 38.0 Å². The lowest BCUT2D eigenvalue weighted by Gasteiger charge is -2.32. The molecule has 1 amide bonds. The van der Waals surface area contributed by atoms with Gasteiger partial charge >= 0.3 is 0 Å². The molecule has 33 heavy (non-hydrogen) atoms. The lowest BCUT2D eigenvalue weighted by molar-refractivity contribution is -0.115. The summed E-state index contributed by atoms with van der Waals surface area (Å²) in [7, 11) is 0. The summed E-state index contributed by atoms with van der Waals surface area (Å²) in [6.45, 7) is 8.79. The lowest BCUT2D eigenvalue weighted by Crippen LogP contribution is -2.38. The SMILES string of the molecule is CCC(=O)Nc1cc2c(cn1)c(C#CC1(C)COC1)cn2-c1cc(C)cc(C2CCOC2)n1. The van der Waals surface area contributed by atoms with Crippen molar-refractivity contribution in [1.29, 1.82) is 0 Å². The molecule has 7 nitrogen and oxygen atoms in total. The standard InChI is InChI=1S/C26H28N4O3/c1-4-25(31)29-23-11-22-20(12-27-23)18(5-7-26(3)15-33-16-26)13-30(22)24-10-17(2)9-21(28-24)19-6-8-32-14-19/h9-13,19H,4,6,8,14-16H2,1-3H3,(H,27,29,31). The van der Waals surface area contributed by atoms with E-state index in [-0.39, 0.29) is 11.3 Å². The van der Waals surface area contributed by atoms with Gasteiger partial charge in [0.15, 0.2) is 0 Å². The van der Waals surface area contributed by atoms with Crippen LogP contribution in [0.3, 0.4) is 0 Å². The van der Waals surface area contributed by atoms with Gasteiger partial charge in [0.2, 0.25) is 5.91 Å². The molecular weight excluding hydrogens is 416 g/mol. The molecule has 1 unspecified atom stereocenters. The van der Waals surface area contributed by atoms with Gasteiger partial charge in [0, 0.05) is 48.5 Å². The van der Waals surface area contributed by atoms with E-state index in [9.17, 15) is 4.79 Å². The first-order valence-corrected chi connectivity index (χ1v) is 11.4. The second kappa shape index (κ2) is 8.62. The Hall–Kier alpha value is -3.21. The van der Waals surface area contributed by atoms with Gasteiger partial charge in [-0.25, -0.2) is 9.97 Å². The zero-order valence-electron chi connectivity index (χ0n) is 19.3. The summed E-state index contributed by atoms with van der Waals surface area (Å²) in [6, 6.07) is 6.10. The summed E-state index contributed by atoms with van der Waals surface area (Å²) >= 11 is 0. The molecule has 170 valence electrons. The van der Waals surface area contributed by atoms with Gasteiger partial charge in [-0.15, -0.1) is 0 Å². The number of amides is 1. The predicted octanol–water partition coefficient (Wildman–Crippen LogP) is 3.97. The number of hydrogen-bond acceptors (Lipinski definition) is 5. The molecule has 0 radical (unpaired) electrons. The number of carbonyl (C=O) groups excluding carboxylic acids is 1. The van der Waals surface area contributed by atoms with Crippen LogP contribution in [0.2, 0.25) is 0 Å². The van der Waals surface area contributed by atoms with E-state index in [1.807, 2.05) is 19.2 Å². The molecule has 0 aliphatic carbocycles. The maximum absolute atomic E-state index is 11.9. The van der Waals surface area contributed by atoms with Gasteiger partial charge in [0.25, 0.3) is 0 Å². The third kappa shape index (κ3) is 4.37. The van der Waals surface area contributed by atoms with Crippen molar-refractivity contribution in [2.45, 2.75) is 39.5 Å². The molecule has 2 fully saturated rings. The quantitative estimate of drug-likeness (QED) is 0.616. The molecule has 3 aromatic heterocycles. The van der Waals surface area contributed by atoms with Crippen molar-refractivity contribution in [2.75, 3.05) is 31.7 Å². The van der Waals surface area contributed by atoms with E-state index in [4.69, 9.17) is 14.5 Å². The molecule has 0 spiro atoms. The van der Waals surface area contributed by atoms with Gasteiger partial charge in [-0.3, -0.25) is 9.36 Å². The normalized spacial score (nSPS) is 19.1. The zero-order chi connectivity index (χ0) is 23.0. The average molecular weight is 445 g/mol. The number of pyridine rings is 2. The highest BCUT2D eigenvalue weighted by atomic mass is 16.5. The Balaban J connectivity index is 1.63. The Morgan fingerprint density at radius 3 is 2.85 bits per heavy atom. The highest BCUT2D eigenvalue weighted by Gasteiger charge is 2.31. The average Bonchev–Trinajstić information content (AvgIpc) is 3.44. The van der Waals surface area contributed by atoms with Crippen LogP contribution in [-0.4, -0.2) is 46.9 Å². The monoisotopic (exact) mass is 444 g/mol. The molecule has 2 aliphatic heterocycles. The van der Waals surface area contributed by atoms with Gasteiger partial charge in [-0.1, -0.05) is 18.8 Å². The number of rotatable bonds is 4. The summed E-state index contributed by atoms with van der Waals surface area (Å²) in [6.07, 6.45) is 5.17. The number of hydrogen-bond donors (Lipinski definition) is 1. The molecule has 0 bridgehead atoms. The number of aryl methyl sites for hydroxylation is 1. The minimum atomic E-state index is -0.117. The minimum Gasteiger partial charge on any atom is -0.381 e. The van der Waals surface area contributed by atoms with Crippen LogP contribution < -0.4 is 5.32 Å². The van der Waals surface area contributed by atoms with Crippen LogP contribution >= 0.6 is 0 Å². The van der Waals surface area contributed by atoms with Crippen molar-refractivity contribution < 1.29 is 14.3 Å². The van der Waals surface area contributed by atoms with Crippen molar-refractivity contribution in [3.63, 3.8) is 0 Å². The summed E-state index contributed by atoms with van der Waals surface area (Å²) in [4.78, 5) is 21.4. The number of anilines is 1. The Labute approximate surface area is 193 Å².